The molecular formula is C13H19NS. The first-order valence-electron chi connectivity index (χ1n) is 6.15. The molecule has 3 rings (SSSR count). The van der Waals surface area contributed by atoms with Crippen LogP contribution in [0.2, 0.25) is 0 Å². The van der Waals surface area contributed by atoms with E-state index in [1.807, 2.05) is 11.3 Å². The monoisotopic (exact) mass is 221 g/mol. The maximum atomic E-state index is 3.88. The number of hydrogen-bond acceptors (Lipinski definition) is 2. The average Bonchev–Trinajstić information content (AvgIpc) is 2.67. The zero-order chi connectivity index (χ0) is 10.3. The van der Waals surface area contributed by atoms with Gasteiger partial charge in [-0.3, -0.25) is 0 Å². The molecule has 1 aliphatic carbocycles. The maximum absolute atomic E-state index is 3.88. The molecule has 0 bridgehead atoms. The van der Waals surface area contributed by atoms with Crippen molar-refractivity contribution in [3.05, 3.63) is 21.9 Å². The van der Waals surface area contributed by atoms with E-state index in [1.54, 1.807) is 10.4 Å². The average molecular weight is 221 g/mol. The Labute approximate surface area is 95.9 Å². The first-order valence-corrected chi connectivity index (χ1v) is 7.03. The van der Waals surface area contributed by atoms with Gasteiger partial charge in [-0.2, -0.15) is 0 Å². The lowest BCUT2D eigenvalue weighted by Gasteiger charge is -2.44. The molecule has 2 aliphatic rings. The zero-order valence-electron chi connectivity index (χ0n) is 9.38. The Morgan fingerprint density at radius 2 is 2.13 bits per heavy atom. The Kier molecular flexibility index (Phi) is 2.37. The standard InChI is InChI=1S/C13H19NS/c1-10-9-11-5-8-15-12(11)13(14-10)6-3-2-4-7-13/h5,8,10,14H,2-4,6-7,9H2,1H3/t10-/m0/s1. The molecule has 0 saturated heterocycles. The molecule has 1 aromatic heterocycles. The summed E-state index contributed by atoms with van der Waals surface area (Å²) in [6.45, 7) is 2.33. The van der Waals surface area contributed by atoms with Gasteiger partial charge in [0.05, 0.1) is 5.54 Å². The number of rotatable bonds is 0. The fourth-order valence-electron chi connectivity index (χ4n) is 3.36. The van der Waals surface area contributed by atoms with E-state index in [1.165, 1.54) is 38.5 Å². The van der Waals surface area contributed by atoms with Gasteiger partial charge in [-0.1, -0.05) is 19.3 Å². The summed E-state index contributed by atoms with van der Waals surface area (Å²) in [4.78, 5) is 1.65. The fourth-order valence-corrected chi connectivity index (χ4v) is 4.52. The summed E-state index contributed by atoms with van der Waals surface area (Å²) in [6, 6.07) is 3.00. The van der Waals surface area contributed by atoms with Crippen LogP contribution in [-0.4, -0.2) is 6.04 Å². The Morgan fingerprint density at radius 1 is 1.33 bits per heavy atom. The van der Waals surface area contributed by atoms with Crippen LogP contribution in [0.15, 0.2) is 11.4 Å². The third-order valence-electron chi connectivity index (χ3n) is 3.94. The smallest absolute Gasteiger partial charge is 0.0533 e. The van der Waals surface area contributed by atoms with Gasteiger partial charge in [0.1, 0.15) is 0 Å². The van der Waals surface area contributed by atoms with E-state index >= 15 is 0 Å². The van der Waals surface area contributed by atoms with E-state index in [4.69, 9.17) is 0 Å². The van der Waals surface area contributed by atoms with Crippen LogP contribution in [0, 0.1) is 0 Å². The first kappa shape index (κ1) is 9.86. The first-order chi connectivity index (χ1) is 7.30. The molecule has 1 aliphatic heterocycles. The van der Waals surface area contributed by atoms with E-state index in [0.717, 1.165) is 0 Å². The lowest BCUT2D eigenvalue weighted by Crippen LogP contribution is -2.51. The van der Waals surface area contributed by atoms with Crippen LogP contribution in [0.25, 0.3) is 0 Å². The second kappa shape index (κ2) is 3.60. The van der Waals surface area contributed by atoms with Crippen LogP contribution in [0.5, 0.6) is 0 Å². The highest BCUT2D eigenvalue weighted by atomic mass is 32.1. The van der Waals surface area contributed by atoms with E-state index in [2.05, 4.69) is 23.7 Å². The predicted octanol–water partition coefficient (Wildman–Crippen LogP) is 3.44. The Bertz CT molecular complexity index is 349. The Morgan fingerprint density at radius 3 is 2.93 bits per heavy atom. The van der Waals surface area contributed by atoms with Crippen molar-refractivity contribution in [3.8, 4) is 0 Å². The second-order valence-corrected chi connectivity index (χ2v) is 6.08. The molecule has 1 saturated carbocycles. The molecule has 1 aromatic rings. The van der Waals surface area contributed by atoms with Crippen LogP contribution in [0.3, 0.4) is 0 Å². The Hall–Kier alpha value is -0.340. The predicted molar refractivity (Wildman–Crippen MR) is 65.4 cm³/mol. The van der Waals surface area contributed by atoms with Gasteiger partial charge in [0.15, 0.2) is 0 Å². The van der Waals surface area contributed by atoms with Crippen molar-refractivity contribution in [2.75, 3.05) is 0 Å². The molecule has 0 radical (unpaired) electrons. The van der Waals surface area contributed by atoms with Gasteiger partial charge in [0.25, 0.3) is 0 Å². The summed E-state index contributed by atoms with van der Waals surface area (Å²) >= 11 is 1.97. The molecule has 15 heavy (non-hydrogen) atoms. The molecule has 1 atom stereocenters. The van der Waals surface area contributed by atoms with Crippen molar-refractivity contribution in [1.82, 2.24) is 5.32 Å². The van der Waals surface area contributed by atoms with Gasteiger partial charge in [0, 0.05) is 10.9 Å². The van der Waals surface area contributed by atoms with Crippen molar-refractivity contribution in [2.24, 2.45) is 0 Å². The lowest BCUT2D eigenvalue weighted by atomic mass is 9.76. The van der Waals surface area contributed by atoms with Gasteiger partial charge in [0.2, 0.25) is 0 Å². The molecule has 1 nitrogen and oxygen atoms in total. The van der Waals surface area contributed by atoms with E-state index in [0.29, 0.717) is 11.6 Å². The SMILES string of the molecule is C[C@H]1Cc2ccsc2C2(CCCCC2)N1. The number of thiophene rings is 1. The lowest BCUT2D eigenvalue weighted by molar-refractivity contribution is 0.202. The summed E-state index contributed by atoms with van der Waals surface area (Å²) in [5, 5.41) is 6.16. The highest BCUT2D eigenvalue weighted by Crippen LogP contribution is 2.44. The largest absolute Gasteiger partial charge is 0.304 e. The summed E-state index contributed by atoms with van der Waals surface area (Å²) in [6.07, 6.45) is 8.16. The van der Waals surface area contributed by atoms with Gasteiger partial charge in [-0.15, -0.1) is 11.3 Å². The van der Waals surface area contributed by atoms with Gasteiger partial charge in [-0.25, -0.2) is 0 Å². The quantitative estimate of drug-likeness (QED) is 0.707. The number of fused-ring (bicyclic) bond motifs is 2. The molecule has 1 spiro atoms. The molecule has 82 valence electrons. The Balaban J connectivity index is 2.02. The molecule has 2 heterocycles. The zero-order valence-corrected chi connectivity index (χ0v) is 10.2. The third-order valence-corrected chi connectivity index (χ3v) is 5.10. The molecule has 1 N–H and O–H groups in total. The minimum Gasteiger partial charge on any atom is -0.304 e. The number of nitrogens with one attached hydrogen (secondary N) is 1. The second-order valence-electron chi connectivity index (χ2n) is 5.17. The molecule has 2 heteroatoms. The van der Waals surface area contributed by atoms with Crippen molar-refractivity contribution in [1.29, 1.82) is 0 Å². The number of hydrogen-bond donors (Lipinski definition) is 1. The fraction of sp³-hybridized carbons (Fsp3) is 0.692. The highest BCUT2D eigenvalue weighted by Gasteiger charge is 2.40. The maximum Gasteiger partial charge on any atom is 0.0533 e. The summed E-state index contributed by atoms with van der Waals surface area (Å²) in [7, 11) is 0. The molecule has 1 fully saturated rings. The van der Waals surface area contributed by atoms with Gasteiger partial charge < -0.3 is 5.32 Å². The van der Waals surface area contributed by atoms with E-state index in [9.17, 15) is 0 Å². The van der Waals surface area contributed by atoms with Crippen molar-refractivity contribution in [2.45, 2.75) is 57.0 Å². The van der Waals surface area contributed by atoms with Crippen LogP contribution in [0.1, 0.15) is 49.5 Å². The van der Waals surface area contributed by atoms with Crippen LogP contribution >= 0.6 is 11.3 Å². The van der Waals surface area contributed by atoms with Crippen molar-refractivity contribution in [3.63, 3.8) is 0 Å². The van der Waals surface area contributed by atoms with E-state index < -0.39 is 0 Å². The van der Waals surface area contributed by atoms with E-state index in [-0.39, 0.29) is 0 Å². The van der Waals surface area contributed by atoms with Gasteiger partial charge in [-0.05, 0) is 43.2 Å². The highest BCUT2D eigenvalue weighted by molar-refractivity contribution is 7.10. The third kappa shape index (κ3) is 1.55. The normalized spacial score (nSPS) is 29.0. The summed E-state index contributed by atoms with van der Waals surface area (Å²) in [5.41, 5.74) is 1.98. The summed E-state index contributed by atoms with van der Waals surface area (Å²) in [5.74, 6) is 0. The molecule has 0 aromatic carbocycles. The van der Waals surface area contributed by atoms with Crippen LogP contribution in [-0.2, 0) is 12.0 Å². The summed E-state index contributed by atoms with van der Waals surface area (Å²) < 4.78 is 0. The minimum atomic E-state index is 0.361. The van der Waals surface area contributed by atoms with Crippen molar-refractivity contribution < 1.29 is 0 Å². The van der Waals surface area contributed by atoms with Crippen molar-refractivity contribution >= 4 is 11.3 Å². The topological polar surface area (TPSA) is 12.0 Å². The van der Waals surface area contributed by atoms with Gasteiger partial charge >= 0.3 is 0 Å². The molecular weight excluding hydrogens is 202 g/mol. The molecule has 0 unspecified atom stereocenters. The molecule has 0 amide bonds. The van der Waals surface area contributed by atoms with Crippen LogP contribution < -0.4 is 5.32 Å². The minimum absolute atomic E-state index is 0.361. The van der Waals surface area contributed by atoms with Crippen LogP contribution in [0.4, 0.5) is 0 Å².